The number of nitrogens with one attached hydrogen (secondary N) is 2. The number of anilines is 2. The molecular weight excluding hydrogens is 382 g/mol. The standard InChI is InChI=1S/C20H14F2N4O3/c1-26-18(14(11-23-26)19(27)28)25-20(29)24-17-15(21)9-13(10-16(17)22)8-7-12-5-3-2-4-6-12/h2-6,9-11H,1H3,(H,27,28)(H2,24,25,29). The highest BCUT2D eigenvalue weighted by molar-refractivity contribution is 6.03. The molecule has 9 heteroatoms. The van der Waals surface area contributed by atoms with E-state index in [0.717, 1.165) is 23.0 Å². The molecule has 7 nitrogen and oxygen atoms in total. The van der Waals surface area contributed by atoms with Gasteiger partial charge in [-0.05, 0) is 24.3 Å². The Labute approximate surface area is 164 Å². The zero-order chi connectivity index (χ0) is 21.0. The summed E-state index contributed by atoms with van der Waals surface area (Å²) in [5.41, 5.74) is -0.183. The number of carbonyl (C=O) groups is 2. The normalized spacial score (nSPS) is 10.0. The van der Waals surface area contributed by atoms with Gasteiger partial charge in [-0.3, -0.25) is 10.00 Å². The minimum absolute atomic E-state index is 0.0922. The molecular formula is C20H14F2N4O3. The molecule has 0 saturated heterocycles. The summed E-state index contributed by atoms with van der Waals surface area (Å²) in [5.74, 6) is 1.93. The van der Waals surface area contributed by atoms with Crippen molar-refractivity contribution in [2.75, 3.05) is 10.6 Å². The Hall–Kier alpha value is -4.19. The Morgan fingerprint density at radius 2 is 1.66 bits per heavy atom. The van der Waals surface area contributed by atoms with E-state index in [2.05, 4.69) is 22.3 Å². The summed E-state index contributed by atoms with van der Waals surface area (Å²) in [6, 6.07) is 9.85. The second-order valence-electron chi connectivity index (χ2n) is 5.85. The van der Waals surface area contributed by atoms with Gasteiger partial charge in [0.15, 0.2) is 11.6 Å². The molecule has 2 amide bonds. The molecule has 3 rings (SSSR count). The number of carbonyl (C=O) groups excluding carboxylic acids is 1. The number of halogens is 2. The van der Waals surface area contributed by atoms with E-state index in [-0.39, 0.29) is 16.9 Å². The fourth-order valence-corrected chi connectivity index (χ4v) is 2.43. The van der Waals surface area contributed by atoms with E-state index in [9.17, 15) is 18.4 Å². The maximum Gasteiger partial charge on any atom is 0.341 e. The number of carboxylic acid groups (broad SMARTS) is 1. The summed E-state index contributed by atoms with van der Waals surface area (Å²) in [6.45, 7) is 0. The van der Waals surface area contributed by atoms with Gasteiger partial charge < -0.3 is 10.4 Å². The van der Waals surface area contributed by atoms with E-state index < -0.39 is 29.3 Å². The number of aromatic carboxylic acids is 1. The smallest absolute Gasteiger partial charge is 0.341 e. The Morgan fingerprint density at radius 1 is 1.03 bits per heavy atom. The lowest BCUT2D eigenvalue weighted by Crippen LogP contribution is -2.23. The number of benzene rings is 2. The van der Waals surface area contributed by atoms with E-state index in [1.807, 2.05) is 11.4 Å². The Morgan fingerprint density at radius 3 is 2.28 bits per heavy atom. The first-order chi connectivity index (χ1) is 13.8. The van der Waals surface area contributed by atoms with Crippen LogP contribution in [0, 0.1) is 23.5 Å². The second-order valence-corrected chi connectivity index (χ2v) is 5.85. The lowest BCUT2D eigenvalue weighted by atomic mass is 10.1. The van der Waals surface area contributed by atoms with E-state index in [1.54, 1.807) is 24.3 Å². The van der Waals surface area contributed by atoms with Crippen LogP contribution in [0.2, 0.25) is 0 Å². The van der Waals surface area contributed by atoms with Gasteiger partial charge in [0.05, 0.1) is 6.20 Å². The van der Waals surface area contributed by atoms with Gasteiger partial charge in [0.25, 0.3) is 0 Å². The van der Waals surface area contributed by atoms with Crippen LogP contribution < -0.4 is 10.6 Å². The summed E-state index contributed by atoms with van der Waals surface area (Å²) in [4.78, 5) is 23.2. The molecule has 0 unspecified atom stereocenters. The summed E-state index contributed by atoms with van der Waals surface area (Å²) in [6.07, 6.45) is 1.04. The minimum atomic E-state index is -1.31. The van der Waals surface area contributed by atoms with Crippen molar-refractivity contribution in [3.8, 4) is 11.8 Å². The highest BCUT2D eigenvalue weighted by atomic mass is 19.1. The fraction of sp³-hybridized carbons (Fsp3) is 0.0500. The number of hydrogen-bond donors (Lipinski definition) is 3. The Balaban J connectivity index is 1.78. The SMILES string of the molecule is Cn1ncc(C(=O)O)c1NC(=O)Nc1c(F)cc(C#Cc2ccccc2)cc1F. The van der Waals surface area contributed by atoms with Crippen LogP contribution in [0.15, 0.2) is 48.7 Å². The van der Waals surface area contributed by atoms with Crippen molar-refractivity contribution in [3.63, 3.8) is 0 Å². The van der Waals surface area contributed by atoms with Crippen LogP contribution in [0.5, 0.6) is 0 Å². The predicted molar refractivity (Wildman–Crippen MR) is 102 cm³/mol. The molecule has 3 N–H and O–H groups in total. The van der Waals surface area contributed by atoms with Crippen molar-refractivity contribution < 1.29 is 23.5 Å². The van der Waals surface area contributed by atoms with Crippen molar-refractivity contribution in [3.05, 3.63) is 77.0 Å². The van der Waals surface area contributed by atoms with Crippen molar-refractivity contribution >= 4 is 23.5 Å². The topological polar surface area (TPSA) is 96.2 Å². The van der Waals surface area contributed by atoms with Crippen LogP contribution >= 0.6 is 0 Å². The second kappa shape index (κ2) is 8.22. The molecule has 3 aromatic rings. The largest absolute Gasteiger partial charge is 0.477 e. The molecule has 1 heterocycles. The van der Waals surface area contributed by atoms with Crippen molar-refractivity contribution in [2.24, 2.45) is 7.05 Å². The average Bonchev–Trinajstić information content (AvgIpc) is 3.04. The molecule has 0 bridgehead atoms. The van der Waals surface area contributed by atoms with Crippen LogP contribution in [-0.4, -0.2) is 26.9 Å². The van der Waals surface area contributed by atoms with Crippen molar-refractivity contribution in [1.82, 2.24) is 9.78 Å². The molecule has 0 spiro atoms. The van der Waals surface area contributed by atoms with Crippen LogP contribution in [0.1, 0.15) is 21.5 Å². The summed E-state index contributed by atoms with van der Waals surface area (Å²) in [7, 11) is 1.41. The molecule has 0 aliphatic carbocycles. The third-order valence-corrected chi connectivity index (χ3v) is 3.81. The first-order valence-electron chi connectivity index (χ1n) is 8.24. The van der Waals surface area contributed by atoms with Crippen LogP contribution in [0.25, 0.3) is 0 Å². The number of rotatable bonds is 3. The third kappa shape index (κ3) is 4.56. The molecule has 1 aromatic heterocycles. The van der Waals surface area contributed by atoms with Crippen LogP contribution in [0.4, 0.5) is 25.1 Å². The maximum atomic E-state index is 14.3. The summed E-state index contributed by atoms with van der Waals surface area (Å²) < 4.78 is 29.7. The van der Waals surface area contributed by atoms with Gasteiger partial charge in [-0.1, -0.05) is 30.0 Å². The quantitative estimate of drug-likeness (QED) is 0.591. The average molecular weight is 396 g/mol. The number of aromatic nitrogens is 2. The van der Waals surface area contributed by atoms with E-state index >= 15 is 0 Å². The van der Waals surface area contributed by atoms with Gasteiger partial charge in [0.1, 0.15) is 17.1 Å². The van der Waals surface area contributed by atoms with Crippen LogP contribution in [-0.2, 0) is 7.05 Å². The van der Waals surface area contributed by atoms with Gasteiger partial charge >= 0.3 is 12.0 Å². The highest BCUT2D eigenvalue weighted by Crippen LogP contribution is 2.21. The number of carboxylic acids is 1. The lowest BCUT2D eigenvalue weighted by molar-refractivity contribution is 0.0698. The van der Waals surface area contributed by atoms with Gasteiger partial charge in [-0.2, -0.15) is 5.10 Å². The van der Waals surface area contributed by atoms with Crippen molar-refractivity contribution in [2.45, 2.75) is 0 Å². The first-order valence-corrected chi connectivity index (χ1v) is 8.24. The first kappa shape index (κ1) is 19.6. The number of hydrogen-bond acceptors (Lipinski definition) is 3. The maximum absolute atomic E-state index is 14.3. The van der Waals surface area contributed by atoms with E-state index in [4.69, 9.17) is 5.11 Å². The van der Waals surface area contributed by atoms with E-state index in [0.29, 0.717) is 5.56 Å². The molecule has 2 aromatic carbocycles. The zero-order valence-corrected chi connectivity index (χ0v) is 15.0. The third-order valence-electron chi connectivity index (χ3n) is 3.81. The molecule has 0 aliphatic rings. The van der Waals surface area contributed by atoms with E-state index in [1.165, 1.54) is 7.05 Å². The molecule has 0 radical (unpaired) electrons. The van der Waals surface area contributed by atoms with Gasteiger partial charge in [0.2, 0.25) is 0 Å². The molecule has 0 aliphatic heterocycles. The van der Waals surface area contributed by atoms with Crippen molar-refractivity contribution in [1.29, 1.82) is 0 Å². The van der Waals surface area contributed by atoms with Gasteiger partial charge in [-0.25, -0.2) is 18.4 Å². The number of urea groups is 1. The molecule has 29 heavy (non-hydrogen) atoms. The number of amides is 2. The number of aryl methyl sites for hydroxylation is 1. The minimum Gasteiger partial charge on any atom is -0.477 e. The predicted octanol–water partition coefficient (Wildman–Crippen LogP) is 3.44. The molecule has 146 valence electrons. The lowest BCUT2D eigenvalue weighted by Gasteiger charge is -2.10. The van der Waals surface area contributed by atoms with Gasteiger partial charge in [0, 0.05) is 18.2 Å². The summed E-state index contributed by atoms with van der Waals surface area (Å²) >= 11 is 0. The molecule has 0 atom stereocenters. The monoisotopic (exact) mass is 396 g/mol. The Kier molecular flexibility index (Phi) is 5.55. The zero-order valence-electron chi connectivity index (χ0n) is 15.0. The van der Waals surface area contributed by atoms with Crippen LogP contribution in [0.3, 0.4) is 0 Å². The molecule has 0 fully saturated rings. The highest BCUT2D eigenvalue weighted by Gasteiger charge is 2.19. The summed E-state index contributed by atoms with van der Waals surface area (Å²) in [5, 5.41) is 17.0. The number of nitrogens with zero attached hydrogens (tertiary/aromatic N) is 2. The fourth-order valence-electron chi connectivity index (χ4n) is 2.43. The van der Waals surface area contributed by atoms with Gasteiger partial charge in [-0.15, -0.1) is 0 Å². The molecule has 0 saturated carbocycles. The Bertz CT molecular complexity index is 1120.